The Morgan fingerprint density at radius 2 is 2.17 bits per heavy atom. The highest BCUT2D eigenvalue weighted by Crippen LogP contribution is 2.37. The van der Waals surface area contributed by atoms with Crippen LogP contribution in [0, 0.1) is 5.92 Å². The van der Waals surface area contributed by atoms with E-state index >= 15 is 0 Å². The van der Waals surface area contributed by atoms with Crippen molar-refractivity contribution in [2.24, 2.45) is 5.92 Å². The molecule has 3 rings (SSSR count). The van der Waals surface area contributed by atoms with Crippen LogP contribution in [0.5, 0.6) is 0 Å². The van der Waals surface area contributed by atoms with Crippen molar-refractivity contribution in [3.63, 3.8) is 0 Å². The molecule has 0 aromatic heterocycles. The van der Waals surface area contributed by atoms with Crippen molar-refractivity contribution in [2.75, 3.05) is 7.11 Å². The molecule has 0 unspecified atom stereocenters. The number of hydrogen-bond acceptors (Lipinski definition) is 3. The molecule has 0 radical (unpaired) electrons. The maximum atomic E-state index is 12.2. The van der Waals surface area contributed by atoms with Crippen LogP contribution >= 0.6 is 0 Å². The second-order valence-electron chi connectivity index (χ2n) is 4.50. The van der Waals surface area contributed by atoms with Gasteiger partial charge in [0, 0.05) is 12.7 Å². The molecule has 0 N–H and O–H groups in total. The lowest BCUT2D eigenvalue weighted by Gasteiger charge is -2.30. The first-order valence-electron chi connectivity index (χ1n) is 5.86. The van der Waals surface area contributed by atoms with Crippen molar-refractivity contribution in [3.8, 4) is 0 Å². The number of carbonyl (C=O) groups excluding carboxylic acids is 2. The van der Waals surface area contributed by atoms with Crippen molar-refractivity contribution >= 4 is 17.9 Å². The quantitative estimate of drug-likeness (QED) is 0.579. The largest absolute Gasteiger partial charge is 0.376 e. The number of amides is 1. The van der Waals surface area contributed by atoms with Gasteiger partial charge in [0.15, 0.2) is 0 Å². The molecule has 2 heterocycles. The fraction of sp³-hybridized carbons (Fsp3) is 0.286. The molecule has 2 atom stereocenters. The van der Waals surface area contributed by atoms with Gasteiger partial charge >= 0.3 is 0 Å². The van der Waals surface area contributed by atoms with E-state index in [1.54, 1.807) is 4.90 Å². The number of hydrogen-bond donors (Lipinski definition) is 0. The first-order valence-corrected chi connectivity index (χ1v) is 5.86. The zero-order valence-corrected chi connectivity index (χ0v) is 10.00. The van der Waals surface area contributed by atoms with Crippen molar-refractivity contribution in [1.29, 1.82) is 0 Å². The third-order valence-electron chi connectivity index (χ3n) is 3.56. The monoisotopic (exact) mass is 243 g/mol. The van der Waals surface area contributed by atoms with E-state index < -0.39 is 12.0 Å². The molecule has 0 fully saturated rings. The van der Waals surface area contributed by atoms with E-state index in [9.17, 15) is 9.59 Å². The van der Waals surface area contributed by atoms with Crippen molar-refractivity contribution < 1.29 is 14.3 Å². The molecule has 0 aliphatic carbocycles. The summed E-state index contributed by atoms with van der Waals surface area (Å²) >= 11 is 0. The Morgan fingerprint density at radius 1 is 1.39 bits per heavy atom. The standard InChI is InChI=1S/C14H13NO3/c1-18-13-6-12-10-5-3-2-4-9(10)7-15(12)14(17)11(13)8-16/h2-6,8,11,13H,7H2,1H3/t11-,13-/m1/s1. The molecule has 0 spiro atoms. The second-order valence-corrected chi connectivity index (χ2v) is 4.50. The molecule has 0 bridgehead atoms. The van der Waals surface area contributed by atoms with Gasteiger partial charge in [0.1, 0.15) is 12.2 Å². The Morgan fingerprint density at radius 3 is 2.89 bits per heavy atom. The van der Waals surface area contributed by atoms with Gasteiger partial charge < -0.3 is 14.4 Å². The lowest BCUT2D eigenvalue weighted by Crippen LogP contribution is -2.43. The topological polar surface area (TPSA) is 46.6 Å². The average molecular weight is 243 g/mol. The SMILES string of the molecule is CO[C@@H]1C=C2c3ccccc3CN2C(=O)[C@@H]1C=O. The number of fused-ring (bicyclic) bond motifs is 3. The van der Waals surface area contributed by atoms with Crippen LogP contribution in [0.4, 0.5) is 0 Å². The van der Waals surface area contributed by atoms with E-state index in [2.05, 4.69) is 0 Å². The molecule has 0 saturated carbocycles. The predicted octanol–water partition coefficient (Wildman–Crippen LogP) is 1.21. The van der Waals surface area contributed by atoms with Crippen LogP contribution < -0.4 is 0 Å². The van der Waals surface area contributed by atoms with Crippen molar-refractivity contribution in [2.45, 2.75) is 12.6 Å². The zero-order chi connectivity index (χ0) is 12.7. The highest BCUT2D eigenvalue weighted by atomic mass is 16.5. The molecule has 92 valence electrons. The summed E-state index contributed by atoms with van der Waals surface area (Å²) < 4.78 is 5.23. The van der Waals surface area contributed by atoms with Crippen LogP contribution in [0.3, 0.4) is 0 Å². The summed E-state index contributed by atoms with van der Waals surface area (Å²) in [6.07, 6.45) is 2.08. The summed E-state index contributed by atoms with van der Waals surface area (Å²) in [5.74, 6) is -0.904. The van der Waals surface area contributed by atoms with E-state index in [1.807, 2.05) is 30.3 Å². The predicted molar refractivity (Wildman–Crippen MR) is 65.3 cm³/mol. The maximum Gasteiger partial charge on any atom is 0.240 e. The summed E-state index contributed by atoms with van der Waals surface area (Å²) in [6, 6.07) is 7.89. The number of rotatable bonds is 2. The molecular formula is C14H13NO3. The van der Waals surface area contributed by atoms with Crippen molar-refractivity contribution in [3.05, 3.63) is 41.5 Å². The van der Waals surface area contributed by atoms with Gasteiger partial charge in [-0.3, -0.25) is 4.79 Å². The van der Waals surface area contributed by atoms with Gasteiger partial charge in [0.25, 0.3) is 0 Å². The minimum atomic E-state index is -0.729. The molecule has 1 aromatic rings. The number of carbonyl (C=O) groups is 2. The van der Waals surface area contributed by atoms with E-state index in [4.69, 9.17) is 4.74 Å². The molecule has 2 aliphatic rings. The number of benzene rings is 1. The average Bonchev–Trinajstić information content (AvgIpc) is 2.77. The normalized spacial score (nSPS) is 25.5. The summed E-state index contributed by atoms with van der Waals surface area (Å²) in [5.41, 5.74) is 3.02. The fourth-order valence-electron chi connectivity index (χ4n) is 2.62. The first kappa shape index (κ1) is 11.2. The third-order valence-corrected chi connectivity index (χ3v) is 3.56. The Labute approximate surface area is 105 Å². The van der Waals surface area contributed by atoms with E-state index in [1.165, 1.54) is 7.11 Å². The van der Waals surface area contributed by atoms with E-state index in [0.29, 0.717) is 12.8 Å². The highest BCUT2D eigenvalue weighted by Gasteiger charge is 2.40. The van der Waals surface area contributed by atoms with Crippen molar-refractivity contribution in [1.82, 2.24) is 4.90 Å². The smallest absolute Gasteiger partial charge is 0.240 e. The number of ether oxygens (including phenoxy) is 1. The summed E-state index contributed by atoms with van der Waals surface area (Å²) in [4.78, 5) is 25.0. The minimum absolute atomic E-state index is 0.175. The van der Waals surface area contributed by atoms with Crippen LogP contribution in [0.1, 0.15) is 11.1 Å². The lowest BCUT2D eigenvalue weighted by molar-refractivity contribution is -0.140. The van der Waals surface area contributed by atoms with Gasteiger partial charge in [0.05, 0.1) is 18.3 Å². The lowest BCUT2D eigenvalue weighted by atomic mass is 9.96. The summed E-state index contributed by atoms with van der Waals surface area (Å²) in [7, 11) is 1.52. The molecule has 4 nitrogen and oxygen atoms in total. The van der Waals surface area contributed by atoms with E-state index in [-0.39, 0.29) is 5.91 Å². The molecule has 4 heteroatoms. The summed E-state index contributed by atoms with van der Waals surface area (Å²) in [6.45, 7) is 0.543. The van der Waals surface area contributed by atoms with Gasteiger partial charge in [-0.05, 0) is 11.6 Å². The van der Waals surface area contributed by atoms with Crippen LogP contribution in [0.2, 0.25) is 0 Å². The van der Waals surface area contributed by atoms with Crippen LogP contribution in [0.25, 0.3) is 5.70 Å². The number of nitrogens with zero attached hydrogens (tertiary/aromatic N) is 1. The maximum absolute atomic E-state index is 12.2. The van der Waals surface area contributed by atoms with Gasteiger partial charge in [0.2, 0.25) is 5.91 Å². The molecule has 2 aliphatic heterocycles. The number of aldehydes is 1. The Balaban J connectivity index is 2.10. The summed E-state index contributed by atoms with van der Waals surface area (Å²) in [5, 5.41) is 0. The van der Waals surface area contributed by atoms with Gasteiger partial charge in [-0.25, -0.2) is 0 Å². The number of methoxy groups -OCH3 is 1. The van der Waals surface area contributed by atoms with Crippen LogP contribution in [-0.4, -0.2) is 30.3 Å². The van der Waals surface area contributed by atoms with Gasteiger partial charge in [-0.15, -0.1) is 0 Å². The molecule has 0 saturated heterocycles. The minimum Gasteiger partial charge on any atom is -0.376 e. The van der Waals surface area contributed by atoms with Gasteiger partial charge in [-0.2, -0.15) is 0 Å². The second kappa shape index (κ2) is 4.07. The Hall–Kier alpha value is -1.94. The Kier molecular flexibility index (Phi) is 2.52. The molecule has 1 aromatic carbocycles. The van der Waals surface area contributed by atoms with Gasteiger partial charge in [-0.1, -0.05) is 24.3 Å². The third kappa shape index (κ3) is 1.42. The zero-order valence-electron chi connectivity index (χ0n) is 10.00. The van der Waals surface area contributed by atoms with Crippen LogP contribution in [-0.2, 0) is 20.9 Å². The first-order chi connectivity index (χ1) is 8.76. The fourth-order valence-corrected chi connectivity index (χ4v) is 2.62. The molecule has 18 heavy (non-hydrogen) atoms. The Bertz CT molecular complexity index is 550. The molecule has 1 amide bonds. The highest BCUT2D eigenvalue weighted by molar-refractivity contribution is 6.01. The van der Waals surface area contributed by atoms with Crippen LogP contribution in [0.15, 0.2) is 30.3 Å². The van der Waals surface area contributed by atoms with E-state index in [0.717, 1.165) is 16.8 Å². The molecular weight excluding hydrogens is 230 g/mol.